The minimum atomic E-state index is -2.40. The summed E-state index contributed by atoms with van der Waals surface area (Å²) in [4.78, 5) is 71.4. The summed E-state index contributed by atoms with van der Waals surface area (Å²) in [6.07, 6.45) is 12.1. The zero-order chi connectivity index (χ0) is 46.4. The van der Waals surface area contributed by atoms with Crippen molar-refractivity contribution in [1.29, 1.82) is 0 Å². The van der Waals surface area contributed by atoms with Crippen LogP contribution in [0.2, 0.25) is 0 Å². The molecule has 14 atom stereocenters. The maximum atomic E-state index is 14.3. The standard InChI is InChI=1S/C49H77NO13/c1-30-17-13-11-9-10-12-14-18-36(59-6)28-37-22-20-34(5)49(58,63-37)46(55)47(56)50-24-16-15-19-38(50)48(57)62-41(32(3)26-35-21-23-39(51)42(27-35)60-7)29-40(52)31(2)25-33(4)44(54)45(61-8)43(30)53/h9,11,14,18,25,30-32,34-39,41-42,44-45,51,54,58H,10,12-13,15-17,19-24,26-29H2,1-8H3/b11-9+,18-14+,33-25+/t30-,31-,32-,34-,35-,36-,37+,38+,39-,41+,42-,44-,45+,49-/m1/s1. The number of carbonyl (C=O) groups excluding carboxylic acids is 5. The van der Waals surface area contributed by atoms with Crippen LogP contribution >= 0.6 is 0 Å². The van der Waals surface area contributed by atoms with Crippen molar-refractivity contribution >= 4 is 29.2 Å². The number of piperidine rings is 1. The Kier molecular flexibility index (Phi) is 20.8. The topological polar surface area (TPSA) is 195 Å². The van der Waals surface area contributed by atoms with Gasteiger partial charge in [0, 0.05) is 58.5 Å². The Morgan fingerprint density at radius 1 is 0.857 bits per heavy atom. The molecule has 3 fully saturated rings. The van der Waals surface area contributed by atoms with Crippen LogP contribution < -0.4 is 0 Å². The molecule has 2 bridgehead atoms. The minimum absolute atomic E-state index is 0.0963. The van der Waals surface area contributed by atoms with E-state index in [0.717, 1.165) is 19.3 Å². The first-order valence-electron chi connectivity index (χ1n) is 23.4. The SMILES string of the molecule is CO[C@@H]1/C=C/CC/C=C/CC[C@@H](C)C(=O)[C@H](OC)[C@H](O)/C(C)=C/[C@@H](C)C(=O)C[C@@H]([C@H](C)C[C@H]2CC[C@@H](O)[C@H](OC)C2)OC(=O)[C@@H]2CCCCN2C(=O)C(=O)[C@]2(O)O[C@@H](CC[C@H]2C)C1. The van der Waals surface area contributed by atoms with Gasteiger partial charge in [-0.15, -0.1) is 0 Å². The number of ketones is 3. The van der Waals surface area contributed by atoms with E-state index < -0.39 is 77.8 Å². The monoisotopic (exact) mass is 888 g/mol. The molecule has 1 saturated carbocycles. The van der Waals surface area contributed by atoms with Crippen LogP contribution in [0.3, 0.4) is 0 Å². The molecule has 14 heteroatoms. The molecule has 14 nitrogen and oxygen atoms in total. The summed E-state index contributed by atoms with van der Waals surface area (Å²) >= 11 is 0. The van der Waals surface area contributed by atoms with Gasteiger partial charge in [0.25, 0.3) is 11.7 Å². The molecular weight excluding hydrogens is 811 g/mol. The maximum Gasteiger partial charge on any atom is 0.329 e. The summed E-state index contributed by atoms with van der Waals surface area (Å²) in [6, 6.07) is -1.13. The maximum absolute atomic E-state index is 14.3. The molecule has 0 unspecified atom stereocenters. The van der Waals surface area contributed by atoms with Gasteiger partial charge in [0.05, 0.1) is 24.4 Å². The van der Waals surface area contributed by atoms with Crippen molar-refractivity contribution < 1.29 is 63.0 Å². The quantitative estimate of drug-likeness (QED) is 0.166. The van der Waals surface area contributed by atoms with E-state index in [-0.39, 0.29) is 55.0 Å². The number of ether oxygens (including phenoxy) is 5. The van der Waals surface area contributed by atoms with Gasteiger partial charge in [-0.25, -0.2) is 4.79 Å². The number of carbonyl (C=O) groups is 5. The molecule has 0 spiro atoms. The number of aliphatic hydroxyl groups excluding tert-OH is 2. The van der Waals surface area contributed by atoms with Crippen molar-refractivity contribution in [2.24, 2.45) is 29.6 Å². The van der Waals surface area contributed by atoms with Crippen LogP contribution in [-0.2, 0) is 47.7 Å². The third kappa shape index (κ3) is 14.2. The Morgan fingerprint density at radius 2 is 1.57 bits per heavy atom. The first-order chi connectivity index (χ1) is 29.9. The lowest BCUT2D eigenvalue weighted by atomic mass is 9.78. The van der Waals surface area contributed by atoms with E-state index >= 15 is 0 Å². The summed E-state index contributed by atoms with van der Waals surface area (Å²) in [6.45, 7) is 8.84. The number of nitrogens with zero attached hydrogens (tertiary/aromatic N) is 1. The molecule has 0 aromatic heterocycles. The molecular formula is C49H77NO13. The van der Waals surface area contributed by atoms with Crippen LogP contribution in [0.4, 0.5) is 0 Å². The molecule has 356 valence electrons. The second kappa shape index (κ2) is 25.0. The largest absolute Gasteiger partial charge is 0.460 e. The Balaban J connectivity index is 1.66. The van der Waals surface area contributed by atoms with Crippen molar-refractivity contribution in [1.82, 2.24) is 4.90 Å². The molecule has 3 aliphatic heterocycles. The number of hydrogen-bond acceptors (Lipinski definition) is 13. The summed E-state index contributed by atoms with van der Waals surface area (Å²) < 4.78 is 29.1. The van der Waals surface area contributed by atoms with Crippen LogP contribution in [0.5, 0.6) is 0 Å². The third-order valence-corrected chi connectivity index (χ3v) is 14.0. The van der Waals surface area contributed by atoms with Crippen LogP contribution in [0.1, 0.15) is 131 Å². The highest BCUT2D eigenvalue weighted by atomic mass is 16.6. The summed E-state index contributed by atoms with van der Waals surface area (Å²) in [5.74, 6) is -7.81. The van der Waals surface area contributed by atoms with E-state index in [4.69, 9.17) is 23.7 Å². The van der Waals surface area contributed by atoms with Gasteiger partial charge < -0.3 is 43.9 Å². The fourth-order valence-corrected chi connectivity index (χ4v) is 9.70. The van der Waals surface area contributed by atoms with E-state index in [9.17, 15) is 39.3 Å². The predicted octanol–water partition coefficient (Wildman–Crippen LogP) is 5.77. The normalized spacial score (nSPS) is 39.4. The van der Waals surface area contributed by atoms with Gasteiger partial charge in [-0.05, 0) is 108 Å². The number of amides is 1. The summed E-state index contributed by atoms with van der Waals surface area (Å²) in [5.41, 5.74) is 0.397. The van der Waals surface area contributed by atoms with Gasteiger partial charge in [0.15, 0.2) is 5.78 Å². The van der Waals surface area contributed by atoms with E-state index in [1.807, 2.05) is 32.1 Å². The first-order valence-corrected chi connectivity index (χ1v) is 23.4. The average molecular weight is 888 g/mol. The van der Waals surface area contributed by atoms with Crippen LogP contribution in [0.25, 0.3) is 0 Å². The van der Waals surface area contributed by atoms with Gasteiger partial charge in [-0.3, -0.25) is 19.2 Å². The van der Waals surface area contributed by atoms with Crippen LogP contribution in [-0.4, -0.2) is 132 Å². The second-order valence-electron chi connectivity index (χ2n) is 18.8. The number of rotatable bonds is 6. The minimum Gasteiger partial charge on any atom is -0.460 e. The summed E-state index contributed by atoms with van der Waals surface area (Å²) in [7, 11) is 4.53. The third-order valence-electron chi connectivity index (χ3n) is 14.0. The number of methoxy groups -OCH3 is 3. The molecule has 2 saturated heterocycles. The fourth-order valence-electron chi connectivity index (χ4n) is 9.70. The predicted molar refractivity (Wildman–Crippen MR) is 236 cm³/mol. The fraction of sp³-hybridized carbons (Fsp3) is 0.776. The first kappa shape index (κ1) is 52.5. The molecule has 0 aromatic carbocycles. The van der Waals surface area contributed by atoms with Gasteiger partial charge >= 0.3 is 5.97 Å². The molecule has 4 rings (SSSR count). The van der Waals surface area contributed by atoms with E-state index in [0.29, 0.717) is 69.8 Å². The highest BCUT2D eigenvalue weighted by Gasteiger charge is 2.53. The molecule has 3 N–H and O–H groups in total. The van der Waals surface area contributed by atoms with Crippen molar-refractivity contribution in [3.05, 3.63) is 36.0 Å². The number of allylic oxidation sites excluding steroid dienone is 4. The number of esters is 1. The molecule has 0 radical (unpaired) electrons. The van der Waals surface area contributed by atoms with Crippen LogP contribution in [0, 0.1) is 29.6 Å². The van der Waals surface area contributed by atoms with Crippen molar-refractivity contribution in [3.63, 3.8) is 0 Å². The van der Waals surface area contributed by atoms with Gasteiger partial charge in [0.2, 0.25) is 5.79 Å². The molecule has 1 amide bonds. The van der Waals surface area contributed by atoms with E-state index in [2.05, 4.69) is 6.08 Å². The van der Waals surface area contributed by atoms with Crippen molar-refractivity contribution in [3.8, 4) is 0 Å². The number of cyclic esters (lactones) is 1. The van der Waals surface area contributed by atoms with Crippen molar-refractivity contribution in [2.75, 3.05) is 27.9 Å². The molecule has 4 aliphatic rings. The number of Topliss-reactive ketones (excluding diaryl/α,β-unsaturated/α-hetero) is 3. The highest BCUT2D eigenvalue weighted by Crippen LogP contribution is 2.37. The molecule has 1 aliphatic carbocycles. The van der Waals surface area contributed by atoms with Gasteiger partial charge in [-0.2, -0.15) is 0 Å². The smallest absolute Gasteiger partial charge is 0.329 e. The lowest BCUT2D eigenvalue weighted by molar-refractivity contribution is -0.265. The highest BCUT2D eigenvalue weighted by molar-refractivity contribution is 6.39. The zero-order valence-electron chi connectivity index (χ0n) is 39.1. The van der Waals surface area contributed by atoms with Crippen LogP contribution in [0.15, 0.2) is 36.0 Å². The van der Waals surface area contributed by atoms with E-state index in [1.165, 1.54) is 12.0 Å². The molecule has 63 heavy (non-hydrogen) atoms. The number of aliphatic hydroxyl groups is 3. The summed E-state index contributed by atoms with van der Waals surface area (Å²) in [5, 5.41) is 33.7. The second-order valence-corrected chi connectivity index (χ2v) is 18.8. The zero-order valence-corrected chi connectivity index (χ0v) is 39.1. The molecule has 3 heterocycles. The van der Waals surface area contributed by atoms with E-state index in [1.54, 1.807) is 41.1 Å². The Bertz CT molecular complexity index is 1630. The van der Waals surface area contributed by atoms with Gasteiger partial charge in [-0.1, -0.05) is 58.1 Å². The van der Waals surface area contributed by atoms with Crippen molar-refractivity contribution in [2.45, 2.75) is 185 Å². The lowest BCUT2D eigenvalue weighted by Crippen LogP contribution is -2.60. The number of hydrogen-bond donors (Lipinski definition) is 3. The average Bonchev–Trinajstić information content (AvgIpc) is 3.27. The number of fused-ring (bicyclic) bond motifs is 3. The Hall–Kier alpha value is -3.11. The lowest BCUT2D eigenvalue weighted by Gasteiger charge is -2.42. The Labute approximate surface area is 375 Å². The Morgan fingerprint density at radius 3 is 2.27 bits per heavy atom. The molecule has 0 aromatic rings. The van der Waals surface area contributed by atoms with Gasteiger partial charge in [0.1, 0.15) is 30.1 Å².